The molecule has 1 amide bonds. The molecule has 1 aromatic rings. The van der Waals surface area contributed by atoms with Crippen LogP contribution in [0.2, 0.25) is 0 Å². The molecule has 0 radical (unpaired) electrons. The molecule has 2 aliphatic rings. The molecule has 3 rings (SSSR count). The Labute approximate surface area is 120 Å². The van der Waals surface area contributed by atoms with Crippen molar-refractivity contribution in [3.05, 3.63) is 34.1 Å². The molecule has 19 heavy (non-hydrogen) atoms. The average molecular weight is 327 g/mol. The zero-order valence-corrected chi connectivity index (χ0v) is 12.2. The molecule has 0 aromatic heterocycles. The van der Waals surface area contributed by atoms with E-state index in [1.54, 1.807) is 6.07 Å². The van der Waals surface area contributed by atoms with Crippen LogP contribution in [0.5, 0.6) is 0 Å². The third kappa shape index (κ3) is 2.54. The highest BCUT2D eigenvalue weighted by Gasteiger charge is 2.41. The Morgan fingerprint density at radius 2 is 2.21 bits per heavy atom. The molecule has 0 aliphatic carbocycles. The summed E-state index contributed by atoms with van der Waals surface area (Å²) in [7, 11) is 0. The minimum atomic E-state index is -0.380. The van der Waals surface area contributed by atoms with E-state index in [1.807, 2.05) is 4.90 Å². The Balaban J connectivity index is 1.77. The van der Waals surface area contributed by atoms with Crippen LogP contribution >= 0.6 is 15.9 Å². The second-order valence-electron chi connectivity index (χ2n) is 5.56. The standard InChI is InChI=1S/C14H16BrFN2O/c15-11-5-10(6-12(16)7-11)13(19)18-4-2-14(9-18)1-3-17-8-14/h5-7,17H,1-4,8-9H2. The predicted molar refractivity (Wildman–Crippen MR) is 74.5 cm³/mol. The first kappa shape index (κ1) is 13.1. The highest BCUT2D eigenvalue weighted by Crippen LogP contribution is 2.36. The van der Waals surface area contributed by atoms with E-state index in [0.717, 1.165) is 39.0 Å². The van der Waals surface area contributed by atoms with Crippen LogP contribution in [0.25, 0.3) is 0 Å². The van der Waals surface area contributed by atoms with Crippen LogP contribution in [0.1, 0.15) is 23.2 Å². The van der Waals surface area contributed by atoms with Crippen LogP contribution in [-0.4, -0.2) is 37.0 Å². The summed E-state index contributed by atoms with van der Waals surface area (Å²) in [5.41, 5.74) is 0.676. The lowest BCUT2D eigenvalue weighted by Crippen LogP contribution is -2.33. The van der Waals surface area contributed by atoms with E-state index >= 15 is 0 Å². The summed E-state index contributed by atoms with van der Waals surface area (Å²) in [5, 5.41) is 3.37. The number of amides is 1. The van der Waals surface area contributed by atoms with Crippen molar-refractivity contribution < 1.29 is 9.18 Å². The lowest BCUT2D eigenvalue weighted by Gasteiger charge is -2.22. The molecule has 0 bridgehead atoms. The van der Waals surface area contributed by atoms with Gasteiger partial charge in [0.15, 0.2) is 0 Å². The Kier molecular flexibility index (Phi) is 3.35. The molecule has 102 valence electrons. The summed E-state index contributed by atoms with van der Waals surface area (Å²) in [5.74, 6) is -0.446. The van der Waals surface area contributed by atoms with Crippen molar-refractivity contribution in [2.45, 2.75) is 12.8 Å². The van der Waals surface area contributed by atoms with Crippen molar-refractivity contribution >= 4 is 21.8 Å². The first-order chi connectivity index (χ1) is 9.08. The fourth-order valence-electron chi connectivity index (χ4n) is 3.11. The highest BCUT2D eigenvalue weighted by atomic mass is 79.9. The van der Waals surface area contributed by atoms with E-state index in [2.05, 4.69) is 21.2 Å². The SMILES string of the molecule is O=C(c1cc(F)cc(Br)c1)N1CCC2(CCNC2)C1. The number of likely N-dealkylation sites (tertiary alicyclic amines) is 1. The molecule has 2 fully saturated rings. The molecule has 5 heteroatoms. The van der Waals surface area contributed by atoms with Crippen LogP contribution in [0.3, 0.4) is 0 Å². The number of carbonyl (C=O) groups is 1. The van der Waals surface area contributed by atoms with Gasteiger partial charge in [-0.3, -0.25) is 4.79 Å². The summed E-state index contributed by atoms with van der Waals surface area (Å²) >= 11 is 3.23. The van der Waals surface area contributed by atoms with Crippen LogP contribution in [0.15, 0.2) is 22.7 Å². The third-order valence-corrected chi connectivity index (χ3v) is 4.62. The molecule has 0 saturated carbocycles. The van der Waals surface area contributed by atoms with Crippen LogP contribution in [-0.2, 0) is 0 Å². The molecule has 1 spiro atoms. The Morgan fingerprint density at radius 1 is 1.37 bits per heavy atom. The first-order valence-corrected chi connectivity index (χ1v) is 7.33. The minimum absolute atomic E-state index is 0.0658. The lowest BCUT2D eigenvalue weighted by molar-refractivity contribution is 0.0775. The number of hydrogen-bond donors (Lipinski definition) is 1. The van der Waals surface area contributed by atoms with Crippen molar-refractivity contribution in [1.82, 2.24) is 10.2 Å². The maximum atomic E-state index is 13.4. The van der Waals surface area contributed by atoms with Crippen molar-refractivity contribution in [1.29, 1.82) is 0 Å². The van der Waals surface area contributed by atoms with Gasteiger partial charge >= 0.3 is 0 Å². The van der Waals surface area contributed by atoms with Gasteiger partial charge in [0, 0.05) is 35.1 Å². The maximum absolute atomic E-state index is 13.4. The minimum Gasteiger partial charge on any atom is -0.338 e. The Bertz CT molecular complexity index is 494. The van der Waals surface area contributed by atoms with Gasteiger partial charge in [-0.25, -0.2) is 4.39 Å². The first-order valence-electron chi connectivity index (χ1n) is 6.54. The largest absolute Gasteiger partial charge is 0.338 e. The zero-order chi connectivity index (χ0) is 13.5. The molecule has 1 unspecified atom stereocenters. The normalized spacial score (nSPS) is 26.3. The molecule has 2 heterocycles. The van der Waals surface area contributed by atoms with E-state index < -0.39 is 0 Å². The van der Waals surface area contributed by atoms with Gasteiger partial charge in [0.25, 0.3) is 5.91 Å². The van der Waals surface area contributed by atoms with E-state index in [0.29, 0.717) is 10.0 Å². The van der Waals surface area contributed by atoms with Crippen LogP contribution in [0.4, 0.5) is 4.39 Å². The van der Waals surface area contributed by atoms with E-state index in [1.165, 1.54) is 12.1 Å². The monoisotopic (exact) mass is 326 g/mol. The van der Waals surface area contributed by atoms with Gasteiger partial charge in [0.2, 0.25) is 0 Å². The third-order valence-electron chi connectivity index (χ3n) is 4.17. The summed E-state index contributed by atoms with van der Waals surface area (Å²) in [6, 6.07) is 4.36. The molecular weight excluding hydrogens is 311 g/mol. The van der Waals surface area contributed by atoms with Gasteiger partial charge in [-0.15, -0.1) is 0 Å². The van der Waals surface area contributed by atoms with Gasteiger partial charge in [-0.2, -0.15) is 0 Å². The number of halogens is 2. The van der Waals surface area contributed by atoms with Gasteiger partial charge in [-0.05, 0) is 37.6 Å². The van der Waals surface area contributed by atoms with Crippen molar-refractivity contribution in [2.24, 2.45) is 5.41 Å². The zero-order valence-electron chi connectivity index (χ0n) is 10.6. The van der Waals surface area contributed by atoms with Crippen LogP contribution in [0, 0.1) is 11.2 Å². The Morgan fingerprint density at radius 3 is 2.89 bits per heavy atom. The van der Waals surface area contributed by atoms with Crippen LogP contribution < -0.4 is 5.32 Å². The molecule has 3 nitrogen and oxygen atoms in total. The van der Waals surface area contributed by atoms with Gasteiger partial charge in [-0.1, -0.05) is 15.9 Å². The molecule has 1 aromatic carbocycles. The summed E-state index contributed by atoms with van der Waals surface area (Å²) in [6.45, 7) is 3.58. The van der Waals surface area contributed by atoms with Crippen molar-refractivity contribution in [3.8, 4) is 0 Å². The second-order valence-corrected chi connectivity index (χ2v) is 6.48. The fraction of sp³-hybridized carbons (Fsp3) is 0.500. The lowest BCUT2D eigenvalue weighted by atomic mass is 9.86. The quantitative estimate of drug-likeness (QED) is 0.859. The van der Waals surface area contributed by atoms with Crippen molar-refractivity contribution in [3.63, 3.8) is 0 Å². The number of rotatable bonds is 1. The van der Waals surface area contributed by atoms with Gasteiger partial charge in [0.05, 0.1) is 0 Å². The number of benzene rings is 1. The van der Waals surface area contributed by atoms with Gasteiger partial charge < -0.3 is 10.2 Å². The predicted octanol–water partition coefficient (Wildman–Crippen LogP) is 2.41. The smallest absolute Gasteiger partial charge is 0.254 e. The summed E-state index contributed by atoms with van der Waals surface area (Å²) in [6.07, 6.45) is 2.17. The molecular formula is C14H16BrFN2O. The number of carbonyl (C=O) groups excluding carboxylic acids is 1. The number of nitrogens with zero attached hydrogens (tertiary/aromatic N) is 1. The molecule has 2 aliphatic heterocycles. The molecule has 2 saturated heterocycles. The Hall–Kier alpha value is -0.940. The van der Waals surface area contributed by atoms with E-state index in [4.69, 9.17) is 0 Å². The molecule has 1 atom stereocenters. The highest BCUT2D eigenvalue weighted by molar-refractivity contribution is 9.10. The summed E-state index contributed by atoms with van der Waals surface area (Å²) < 4.78 is 14.0. The maximum Gasteiger partial charge on any atom is 0.254 e. The second kappa shape index (κ2) is 4.87. The average Bonchev–Trinajstić information content (AvgIpc) is 2.98. The number of nitrogens with one attached hydrogen (secondary N) is 1. The molecule has 1 N–H and O–H groups in total. The topological polar surface area (TPSA) is 32.3 Å². The van der Waals surface area contributed by atoms with E-state index in [9.17, 15) is 9.18 Å². The van der Waals surface area contributed by atoms with Gasteiger partial charge in [0.1, 0.15) is 5.82 Å². The number of hydrogen-bond acceptors (Lipinski definition) is 2. The summed E-state index contributed by atoms with van der Waals surface area (Å²) in [4.78, 5) is 14.3. The van der Waals surface area contributed by atoms with E-state index in [-0.39, 0.29) is 17.1 Å². The fourth-order valence-corrected chi connectivity index (χ4v) is 3.58. The van der Waals surface area contributed by atoms with Crippen molar-refractivity contribution in [2.75, 3.05) is 26.2 Å².